The van der Waals surface area contributed by atoms with E-state index in [0.29, 0.717) is 12.5 Å². The molecular formula is C17H25FN2O2. The summed E-state index contributed by atoms with van der Waals surface area (Å²) >= 11 is 0. The Morgan fingerprint density at radius 2 is 2.14 bits per heavy atom. The van der Waals surface area contributed by atoms with Gasteiger partial charge in [-0.15, -0.1) is 0 Å². The van der Waals surface area contributed by atoms with Crippen LogP contribution in [0.15, 0.2) is 12.3 Å². The number of carbonyl (C=O) groups is 1. The van der Waals surface area contributed by atoms with Crippen LogP contribution in [0.25, 0.3) is 0 Å². The lowest BCUT2D eigenvalue weighted by atomic mass is 10.1. The van der Waals surface area contributed by atoms with E-state index in [9.17, 15) is 9.18 Å². The fraction of sp³-hybridized carbons (Fsp3) is 0.647. The fourth-order valence-electron chi connectivity index (χ4n) is 2.44. The molecule has 2 rings (SSSR count). The normalized spacial score (nSPS) is 16.3. The van der Waals surface area contributed by atoms with E-state index >= 15 is 0 Å². The summed E-state index contributed by atoms with van der Waals surface area (Å²) in [5, 5.41) is 0. The molecule has 0 spiro atoms. The number of halogens is 1. The van der Waals surface area contributed by atoms with E-state index in [0.717, 1.165) is 18.4 Å². The predicted octanol–water partition coefficient (Wildman–Crippen LogP) is 4.42. The average molecular weight is 308 g/mol. The number of ether oxygens (including phenoxy) is 1. The van der Waals surface area contributed by atoms with Crippen molar-refractivity contribution in [3.05, 3.63) is 29.3 Å². The van der Waals surface area contributed by atoms with Gasteiger partial charge in [-0.25, -0.2) is 9.18 Å². The first-order chi connectivity index (χ1) is 10.2. The second kappa shape index (κ2) is 6.23. The minimum Gasteiger partial charge on any atom is -0.444 e. The van der Waals surface area contributed by atoms with Crippen molar-refractivity contribution >= 4 is 6.09 Å². The maximum atomic E-state index is 14.3. The maximum Gasteiger partial charge on any atom is 0.410 e. The molecule has 1 saturated carbocycles. The highest BCUT2D eigenvalue weighted by Gasteiger charge is 2.29. The van der Waals surface area contributed by atoms with Crippen LogP contribution in [0, 0.1) is 5.82 Å². The van der Waals surface area contributed by atoms with Crippen molar-refractivity contribution < 1.29 is 13.9 Å². The standard InChI is InChI=1S/C17H25FN2O2/c1-6-20(16(21)22-17(3,4)5)11(2)15-14(18)9-13(10-19-15)12-7-8-12/h9-12H,6-8H2,1-5H3. The summed E-state index contributed by atoms with van der Waals surface area (Å²) in [7, 11) is 0. The van der Waals surface area contributed by atoms with Crippen molar-refractivity contribution in [1.29, 1.82) is 0 Å². The Kier molecular flexibility index (Phi) is 4.73. The molecular weight excluding hydrogens is 283 g/mol. The molecule has 1 heterocycles. The second-order valence-electron chi connectivity index (χ2n) is 6.85. The van der Waals surface area contributed by atoms with E-state index in [1.54, 1.807) is 19.2 Å². The summed E-state index contributed by atoms with van der Waals surface area (Å²) in [6, 6.07) is 1.09. The highest BCUT2D eigenvalue weighted by molar-refractivity contribution is 5.68. The first-order valence-electron chi connectivity index (χ1n) is 7.88. The average Bonchev–Trinajstić information content (AvgIpc) is 3.21. The number of hydrogen-bond donors (Lipinski definition) is 0. The zero-order valence-electron chi connectivity index (χ0n) is 14.0. The Balaban J connectivity index is 2.17. The van der Waals surface area contributed by atoms with E-state index in [-0.39, 0.29) is 11.5 Å². The SMILES string of the molecule is CCN(C(=O)OC(C)(C)C)C(C)c1ncc(C2CC2)cc1F. The summed E-state index contributed by atoms with van der Waals surface area (Å²) in [6.07, 6.45) is 3.49. The van der Waals surface area contributed by atoms with Crippen LogP contribution in [0.1, 0.15) is 70.7 Å². The number of aromatic nitrogens is 1. The zero-order chi connectivity index (χ0) is 16.5. The Morgan fingerprint density at radius 3 is 2.59 bits per heavy atom. The summed E-state index contributed by atoms with van der Waals surface area (Å²) in [5.74, 6) is 0.110. The van der Waals surface area contributed by atoms with Gasteiger partial charge in [-0.3, -0.25) is 4.98 Å². The van der Waals surface area contributed by atoms with Crippen molar-refractivity contribution in [2.45, 2.75) is 65.0 Å². The van der Waals surface area contributed by atoms with E-state index in [1.165, 1.54) is 4.90 Å². The van der Waals surface area contributed by atoms with Crippen molar-refractivity contribution in [2.24, 2.45) is 0 Å². The smallest absolute Gasteiger partial charge is 0.410 e. The quantitative estimate of drug-likeness (QED) is 0.827. The molecule has 1 amide bonds. The van der Waals surface area contributed by atoms with Crippen LogP contribution in [0.4, 0.5) is 9.18 Å². The summed E-state index contributed by atoms with van der Waals surface area (Å²) < 4.78 is 19.7. The third-order valence-electron chi connectivity index (χ3n) is 3.77. The third kappa shape index (κ3) is 3.96. The number of rotatable bonds is 4. The molecule has 0 aliphatic heterocycles. The monoisotopic (exact) mass is 308 g/mol. The minimum atomic E-state index is -0.577. The molecule has 1 aliphatic rings. The van der Waals surface area contributed by atoms with Crippen molar-refractivity contribution in [2.75, 3.05) is 6.54 Å². The molecule has 122 valence electrons. The van der Waals surface area contributed by atoms with Gasteiger partial charge in [0.1, 0.15) is 11.4 Å². The first kappa shape index (κ1) is 16.7. The van der Waals surface area contributed by atoms with Crippen LogP contribution in [-0.2, 0) is 4.74 Å². The number of hydrogen-bond acceptors (Lipinski definition) is 3. The highest BCUT2D eigenvalue weighted by Crippen LogP contribution is 2.40. The predicted molar refractivity (Wildman–Crippen MR) is 83.2 cm³/mol. The Bertz CT molecular complexity index is 550. The Hall–Kier alpha value is -1.65. The molecule has 0 aromatic carbocycles. The Morgan fingerprint density at radius 1 is 1.50 bits per heavy atom. The molecule has 1 atom stereocenters. The largest absolute Gasteiger partial charge is 0.444 e. The molecule has 1 aromatic heterocycles. The lowest BCUT2D eigenvalue weighted by molar-refractivity contribution is 0.0180. The molecule has 22 heavy (non-hydrogen) atoms. The van der Waals surface area contributed by atoms with Crippen LogP contribution in [0.3, 0.4) is 0 Å². The Labute approximate surface area is 131 Å². The van der Waals surface area contributed by atoms with Gasteiger partial charge in [0, 0.05) is 12.7 Å². The van der Waals surface area contributed by atoms with Gasteiger partial charge in [-0.2, -0.15) is 0 Å². The van der Waals surface area contributed by atoms with Gasteiger partial charge in [0.25, 0.3) is 0 Å². The van der Waals surface area contributed by atoms with E-state index in [1.807, 2.05) is 27.7 Å². The third-order valence-corrected chi connectivity index (χ3v) is 3.77. The minimum absolute atomic E-state index is 0.289. The highest BCUT2D eigenvalue weighted by atomic mass is 19.1. The lowest BCUT2D eigenvalue weighted by Crippen LogP contribution is -2.38. The van der Waals surface area contributed by atoms with Crippen LogP contribution >= 0.6 is 0 Å². The van der Waals surface area contributed by atoms with Crippen LogP contribution in [0.5, 0.6) is 0 Å². The fourth-order valence-corrected chi connectivity index (χ4v) is 2.44. The molecule has 1 fully saturated rings. The summed E-state index contributed by atoms with van der Waals surface area (Å²) in [6.45, 7) is 9.49. The van der Waals surface area contributed by atoms with Gasteiger partial charge >= 0.3 is 6.09 Å². The van der Waals surface area contributed by atoms with Crippen molar-refractivity contribution in [3.63, 3.8) is 0 Å². The molecule has 0 bridgehead atoms. The topological polar surface area (TPSA) is 42.4 Å². The van der Waals surface area contributed by atoms with Crippen LogP contribution in [0.2, 0.25) is 0 Å². The van der Waals surface area contributed by atoms with Gasteiger partial charge in [-0.05, 0) is 65.0 Å². The molecule has 5 heteroatoms. The molecule has 1 aromatic rings. The van der Waals surface area contributed by atoms with Crippen molar-refractivity contribution in [1.82, 2.24) is 9.88 Å². The van der Waals surface area contributed by atoms with E-state index < -0.39 is 17.7 Å². The lowest BCUT2D eigenvalue weighted by Gasteiger charge is -2.30. The van der Waals surface area contributed by atoms with E-state index in [4.69, 9.17) is 4.74 Å². The van der Waals surface area contributed by atoms with Crippen molar-refractivity contribution in [3.8, 4) is 0 Å². The molecule has 0 radical (unpaired) electrons. The molecule has 0 N–H and O–H groups in total. The number of nitrogens with zero attached hydrogens (tertiary/aromatic N) is 2. The first-order valence-corrected chi connectivity index (χ1v) is 7.88. The van der Waals surface area contributed by atoms with Gasteiger partial charge in [0.05, 0.1) is 11.7 Å². The molecule has 0 saturated heterocycles. The molecule has 1 aliphatic carbocycles. The second-order valence-corrected chi connectivity index (χ2v) is 6.85. The van der Waals surface area contributed by atoms with Crippen LogP contribution in [-0.4, -0.2) is 28.1 Å². The zero-order valence-corrected chi connectivity index (χ0v) is 14.0. The summed E-state index contributed by atoms with van der Waals surface area (Å²) in [4.78, 5) is 18.0. The number of pyridine rings is 1. The number of amides is 1. The molecule has 4 nitrogen and oxygen atoms in total. The number of carbonyl (C=O) groups excluding carboxylic acids is 1. The van der Waals surface area contributed by atoms with E-state index in [2.05, 4.69) is 4.98 Å². The molecule has 1 unspecified atom stereocenters. The maximum absolute atomic E-state index is 14.3. The van der Waals surface area contributed by atoms with Gasteiger partial charge in [0.2, 0.25) is 0 Å². The summed E-state index contributed by atoms with van der Waals surface area (Å²) in [5.41, 5.74) is 0.664. The van der Waals surface area contributed by atoms with Gasteiger partial charge in [-0.1, -0.05) is 0 Å². The van der Waals surface area contributed by atoms with Gasteiger partial charge in [0.15, 0.2) is 0 Å². The van der Waals surface area contributed by atoms with Gasteiger partial charge < -0.3 is 9.64 Å². The van der Waals surface area contributed by atoms with Crippen LogP contribution < -0.4 is 0 Å².